The second kappa shape index (κ2) is 12.1. The maximum atomic E-state index is 12.7. The molecule has 0 aliphatic carbocycles. The number of ether oxygens (including phenoxy) is 5. The smallest absolute Gasteiger partial charge is 0.237 e. The number of aliphatic hydroxyl groups excluding tert-OH is 5. The van der Waals surface area contributed by atoms with Crippen LogP contribution in [0, 0.1) is 0 Å². The highest BCUT2D eigenvalue weighted by Gasteiger charge is 2.50. The normalized spacial score (nSPS) is 32.0. The van der Waals surface area contributed by atoms with Gasteiger partial charge in [0.25, 0.3) is 0 Å². The predicted molar refractivity (Wildman–Crippen MR) is 131 cm³/mol. The molecule has 14 heteroatoms. The highest BCUT2D eigenvalue weighted by molar-refractivity contribution is 6.49. The van der Waals surface area contributed by atoms with Crippen LogP contribution < -0.4 is 9.47 Å². The van der Waals surface area contributed by atoms with Crippen LogP contribution in [0.5, 0.6) is 17.2 Å². The van der Waals surface area contributed by atoms with Crippen LogP contribution in [-0.4, -0.2) is 123 Å². The molecule has 8 atom stereocenters. The van der Waals surface area contributed by atoms with Crippen molar-refractivity contribution in [2.45, 2.75) is 48.7 Å². The van der Waals surface area contributed by atoms with Crippen molar-refractivity contribution >= 4 is 11.6 Å². The van der Waals surface area contributed by atoms with Crippen molar-refractivity contribution in [1.82, 2.24) is 0 Å². The molecule has 4 rings (SSSR count). The lowest BCUT2D eigenvalue weighted by Gasteiger charge is -2.40. The summed E-state index contributed by atoms with van der Waals surface area (Å²) in [6.07, 6.45) is -11.0. The summed E-state index contributed by atoms with van der Waals surface area (Å²) < 4.78 is 26.5. The molecular formula is C26H30O14. The van der Waals surface area contributed by atoms with Crippen molar-refractivity contribution in [3.05, 3.63) is 53.6 Å². The summed E-state index contributed by atoms with van der Waals surface area (Å²) >= 11 is 0. The van der Waals surface area contributed by atoms with Crippen LogP contribution in [0.4, 0.5) is 0 Å². The van der Waals surface area contributed by atoms with Gasteiger partial charge in [0.05, 0.1) is 32.5 Å². The topological polar surface area (TPSA) is 222 Å². The van der Waals surface area contributed by atoms with Gasteiger partial charge in [-0.25, -0.2) is 0 Å². The molecule has 0 saturated carbocycles. The van der Waals surface area contributed by atoms with E-state index in [-0.39, 0.29) is 16.9 Å². The number of methoxy groups -OCH3 is 1. The van der Waals surface area contributed by atoms with E-state index in [4.69, 9.17) is 23.7 Å². The number of hydrogen-bond donors (Lipinski definition) is 7. The highest BCUT2D eigenvalue weighted by atomic mass is 16.7. The number of rotatable bonds is 10. The molecule has 2 aliphatic rings. The first-order valence-electron chi connectivity index (χ1n) is 12.2. The van der Waals surface area contributed by atoms with Crippen LogP contribution in [0.15, 0.2) is 42.5 Å². The Labute approximate surface area is 227 Å². The van der Waals surface area contributed by atoms with E-state index < -0.39 is 85.8 Å². The predicted octanol–water partition coefficient (Wildman–Crippen LogP) is -1.89. The van der Waals surface area contributed by atoms with E-state index in [1.54, 1.807) is 0 Å². The third-order valence-electron chi connectivity index (χ3n) is 6.70. The standard InChI is InChI=1S/C26H30O14/c1-36-13-4-2-12(3-5-13)18(29)19(30)15-7-6-14(8-16(15)28)39-24-22(33)21(32)20(31)17(40-24)9-37-25-23(34)26(35,10-27)11-38-25/h2-8,17,20-25,27-28,31-35H,9-11H2,1H3/t17-,20-,21+,22-,23+,24-,25-,26+/m1/s1. The number of ketones is 2. The van der Waals surface area contributed by atoms with Crippen molar-refractivity contribution in [1.29, 1.82) is 0 Å². The van der Waals surface area contributed by atoms with E-state index in [1.165, 1.54) is 37.4 Å². The van der Waals surface area contributed by atoms with Crippen molar-refractivity contribution in [2.75, 3.05) is 26.9 Å². The lowest BCUT2D eigenvalue weighted by molar-refractivity contribution is -0.289. The van der Waals surface area contributed by atoms with Crippen molar-refractivity contribution in [3.8, 4) is 17.2 Å². The highest BCUT2D eigenvalue weighted by Crippen LogP contribution is 2.30. The van der Waals surface area contributed by atoms with Gasteiger partial charge in [0, 0.05) is 11.6 Å². The molecule has 2 saturated heterocycles. The zero-order valence-corrected chi connectivity index (χ0v) is 21.2. The minimum Gasteiger partial charge on any atom is -0.507 e. The van der Waals surface area contributed by atoms with Crippen LogP contribution in [-0.2, 0) is 14.2 Å². The number of carbonyl (C=O) groups is 2. The van der Waals surface area contributed by atoms with Gasteiger partial charge >= 0.3 is 0 Å². The molecule has 0 unspecified atom stereocenters. The molecule has 2 aliphatic heterocycles. The van der Waals surface area contributed by atoms with E-state index in [9.17, 15) is 45.3 Å². The lowest BCUT2D eigenvalue weighted by atomic mass is 9.99. The van der Waals surface area contributed by atoms with Gasteiger partial charge in [-0.05, 0) is 36.4 Å². The van der Waals surface area contributed by atoms with Gasteiger partial charge in [-0.2, -0.15) is 0 Å². The molecule has 0 amide bonds. The molecule has 40 heavy (non-hydrogen) atoms. The fourth-order valence-electron chi connectivity index (χ4n) is 4.18. The first-order chi connectivity index (χ1) is 19.0. The first kappa shape index (κ1) is 29.8. The van der Waals surface area contributed by atoms with E-state index in [0.29, 0.717) is 5.75 Å². The van der Waals surface area contributed by atoms with Gasteiger partial charge in [0.2, 0.25) is 17.9 Å². The van der Waals surface area contributed by atoms with E-state index in [0.717, 1.165) is 12.1 Å². The summed E-state index contributed by atoms with van der Waals surface area (Å²) in [6.45, 7) is -1.69. The summed E-state index contributed by atoms with van der Waals surface area (Å²) in [5.74, 6) is -2.07. The van der Waals surface area contributed by atoms with Crippen molar-refractivity contribution < 1.29 is 69.0 Å². The number of phenols is 1. The van der Waals surface area contributed by atoms with E-state index in [2.05, 4.69) is 0 Å². The summed E-state index contributed by atoms with van der Waals surface area (Å²) in [4.78, 5) is 25.3. The Bertz CT molecular complexity index is 1200. The largest absolute Gasteiger partial charge is 0.507 e. The Morgan fingerprint density at radius 2 is 1.62 bits per heavy atom. The Kier molecular flexibility index (Phi) is 9.04. The molecule has 2 heterocycles. The SMILES string of the molecule is COc1ccc(C(=O)C(=O)c2ccc(O[C@@H]3O[C@H](CO[C@@H]4OC[C@@](O)(CO)[C@H]4O)[C@@H](O)[C@H](O)[C@H]3O)cc2O)cc1. The fourth-order valence-corrected chi connectivity index (χ4v) is 4.18. The van der Waals surface area contributed by atoms with Crippen LogP contribution in [0.2, 0.25) is 0 Å². The van der Waals surface area contributed by atoms with Crippen molar-refractivity contribution in [2.24, 2.45) is 0 Å². The Balaban J connectivity index is 1.41. The number of aromatic hydroxyl groups is 1. The average Bonchev–Trinajstić information content (AvgIpc) is 3.25. The number of hydrogen-bond acceptors (Lipinski definition) is 14. The molecule has 0 spiro atoms. The molecular weight excluding hydrogens is 536 g/mol. The van der Waals surface area contributed by atoms with Crippen LogP contribution in [0.1, 0.15) is 20.7 Å². The quantitative estimate of drug-likeness (QED) is 0.123. The average molecular weight is 567 g/mol. The molecule has 2 aromatic rings. The summed E-state index contributed by atoms with van der Waals surface area (Å²) in [7, 11) is 1.45. The second-order valence-electron chi connectivity index (χ2n) is 9.42. The fraction of sp³-hybridized carbons (Fsp3) is 0.462. The van der Waals surface area contributed by atoms with Crippen LogP contribution >= 0.6 is 0 Å². The van der Waals surface area contributed by atoms with E-state index >= 15 is 0 Å². The Morgan fingerprint density at radius 1 is 0.950 bits per heavy atom. The van der Waals surface area contributed by atoms with Gasteiger partial charge in [0.15, 0.2) is 6.29 Å². The van der Waals surface area contributed by atoms with Gasteiger partial charge in [-0.3, -0.25) is 9.59 Å². The molecule has 0 radical (unpaired) electrons. The molecule has 2 fully saturated rings. The number of carbonyl (C=O) groups excluding carboxylic acids is 2. The molecule has 7 N–H and O–H groups in total. The maximum Gasteiger partial charge on any atom is 0.237 e. The third kappa shape index (κ3) is 5.95. The minimum absolute atomic E-state index is 0.0848. The minimum atomic E-state index is -1.94. The first-order valence-corrected chi connectivity index (χ1v) is 12.2. The van der Waals surface area contributed by atoms with Crippen molar-refractivity contribution in [3.63, 3.8) is 0 Å². The lowest BCUT2D eigenvalue weighted by Crippen LogP contribution is -2.60. The van der Waals surface area contributed by atoms with Crippen LogP contribution in [0.25, 0.3) is 0 Å². The van der Waals surface area contributed by atoms with Gasteiger partial charge in [-0.1, -0.05) is 0 Å². The molecule has 218 valence electrons. The zero-order chi connectivity index (χ0) is 29.2. The maximum absolute atomic E-state index is 12.7. The van der Waals surface area contributed by atoms with E-state index in [1.807, 2.05) is 0 Å². The van der Waals surface area contributed by atoms with Gasteiger partial charge in [0.1, 0.15) is 53.4 Å². The zero-order valence-electron chi connectivity index (χ0n) is 21.2. The Hall–Kier alpha value is -3.18. The van der Waals surface area contributed by atoms with Gasteiger partial charge in [-0.15, -0.1) is 0 Å². The molecule has 0 bridgehead atoms. The molecule has 2 aromatic carbocycles. The number of benzene rings is 2. The Morgan fingerprint density at radius 3 is 2.23 bits per heavy atom. The number of Topliss-reactive ketones (excluding diaryl/α,β-unsaturated/α-hetero) is 2. The monoisotopic (exact) mass is 566 g/mol. The summed E-state index contributed by atoms with van der Waals surface area (Å²) in [5, 5.41) is 70.8. The van der Waals surface area contributed by atoms with Gasteiger partial charge < -0.3 is 59.4 Å². The molecule has 14 nitrogen and oxygen atoms in total. The van der Waals surface area contributed by atoms with Crippen LogP contribution in [0.3, 0.4) is 0 Å². The summed E-state index contributed by atoms with van der Waals surface area (Å²) in [6, 6.07) is 9.19. The summed E-state index contributed by atoms with van der Waals surface area (Å²) in [5.41, 5.74) is -2.16. The number of phenolic OH excluding ortho intramolecular Hbond substituents is 1. The molecule has 0 aromatic heterocycles. The third-order valence-corrected chi connectivity index (χ3v) is 6.70. The second-order valence-corrected chi connectivity index (χ2v) is 9.42. The number of aliphatic hydroxyl groups is 6.